The first kappa shape index (κ1) is 16.7. The number of anilines is 1. The third kappa shape index (κ3) is 5.28. The Hall–Kier alpha value is -1.64. The van der Waals surface area contributed by atoms with Crippen molar-refractivity contribution in [2.45, 2.75) is 24.2 Å². The second-order valence-corrected chi connectivity index (χ2v) is 6.88. The van der Waals surface area contributed by atoms with Crippen molar-refractivity contribution in [1.29, 1.82) is 0 Å². The van der Waals surface area contributed by atoms with Crippen LogP contribution in [0, 0.1) is 5.92 Å². The van der Waals surface area contributed by atoms with Crippen LogP contribution >= 0.6 is 0 Å². The number of sulfonamides is 1. The highest BCUT2D eigenvalue weighted by molar-refractivity contribution is 7.89. The molecule has 1 aliphatic heterocycles. The molecule has 4 N–H and O–H groups in total. The molecule has 1 fully saturated rings. The van der Waals surface area contributed by atoms with Crippen molar-refractivity contribution in [3.63, 3.8) is 0 Å². The van der Waals surface area contributed by atoms with Crippen LogP contribution in [0.3, 0.4) is 0 Å². The van der Waals surface area contributed by atoms with Gasteiger partial charge in [0, 0.05) is 25.4 Å². The molecule has 0 aromatic heterocycles. The summed E-state index contributed by atoms with van der Waals surface area (Å²) in [5.41, 5.74) is 0.508. The third-order valence-electron chi connectivity index (χ3n) is 3.54. The third-order valence-corrected chi connectivity index (χ3v) is 4.47. The van der Waals surface area contributed by atoms with Gasteiger partial charge in [0.05, 0.1) is 4.90 Å². The van der Waals surface area contributed by atoms with Crippen molar-refractivity contribution in [2.75, 3.05) is 25.1 Å². The zero-order chi connectivity index (χ0) is 16.0. The Morgan fingerprint density at radius 2 is 2.05 bits per heavy atom. The number of benzene rings is 1. The first-order valence-electron chi connectivity index (χ1n) is 7.20. The van der Waals surface area contributed by atoms with Crippen LogP contribution < -0.4 is 15.8 Å². The molecule has 122 valence electrons. The fourth-order valence-electron chi connectivity index (χ4n) is 2.31. The number of hydrogen-bond donors (Lipinski definition) is 3. The number of ether oxygens (including phenoxy) is 1. The van der Waals surface area contributed by atoms with E-state index in [0.717, 1.165) is 32.5 Å². The number of amides is 2. The maximum atomic E-state index is 11.7. The van der Waals surface area contributed by atoms with Gasteiger partial charge in [-0.1, -0.05) is 0 Å². The van der Waals surface area contributed by atoms with E-state index in [1.807, 2.05) is 0 Å². The summed E-state index contributed by atoms with van der Waals surface area (Å²) in [5.74, 6) is 0.607. The van der Waals surface area contributed by atoms with Gasteiger partial charge >= 0.3 is 6.03 Å². The number of urea groups is 1. The smallest absolute Gasteiger partial charge is 0.319 e. The normalized spacial score (nSPS) is 18.1. The monoisotopic (exact) mass is 327 g/mol. The molecule has 0 radical (unpaired) electrons. The predicted octanol–water partition coefficient (Wildman–Crippen LogP) is 1.27. The van der Waals surface area contributed by atoms with E-state index < -0.39 is 10.0 Å². The highest BCUT2D eigenvalue weighted by atomic mass is 32.2. The largest absolute Gasteiger partial charge is 0.381 e. The van der Waals surface area contributed by atoms with E-state index in [4.69, 9.17) is 9.88 Å². The molecule has 0 bridgehead atoms. The number of carbonyl (C=O) groups excluding carboxylic acids is 1. The molecule has 8 heteroatoms. The molecule has 0 saturated carbocycles. The Kier molecular flexibility index (Phi) is 5.76. The second-order valence-electron chi connectivity index (χ2n) is 5.32. The lowest BCUT2D eigenvalue weighted by Crippen LogP contribution is -2.29. The fraction of sp³-hybridized carbons (Fsp3) is 0.500. The van der Waals surface area contributed by atoms with Crippen molar-refractivity contribution in [3.05, 3.63) is 24.3 Å². The number of nitrogens with one attached hydrogen (secondary N) is 2. The van der Waals surface area contributed by atoms with Crippen LogP contribution in [0.5, 0.6) is 0 Å². The molecule has 0 unspecified atom stereocenters. The Morgan fingerprint density at radius 1 is 1.32 bits per heavy atom. The highest BCUT2D eigenvalue weighted by Crippen LogP contribution is 2.17. The minimum absolute atomic E-state index is 0.0113. The molecular weight excluding hydrogens is 306 g/mol. The molecule has 2 rings (SSSR count). The summed E-state index contributed by atoms with van der Waals surface area (Å²) in [4.78, 5) is 11.7. The summed E-state index contributed by atoms with van der Waals surface area (Å²) >= 11 is 0. The minimum atomic E-state index is -3.71. The van der Waals surface area contributed by atoms with E-state index in [1.54, 1.807) is 0 Å². The molecule has 7 nitrogen and oxygen atoms in total. The molecule has 0 aliphatic carbocycles. The number of rotatable bonds is 6. The van der Waals surface area contributed by atoms with Crippen LogP contribution in [0.1, 0.15) is 19.3 Å². The number of carbonyl (C=O) groups is 1. The van der Waals surface area contributed by atoms with E-state index in [-0.39, 0.29) is 10.9 Å². The van der Waals surface area contributed by atoms with Gasteiger partial charge in [-0.2, -0.15) is 0 Å². The Bertz CT molecular complexity index is 595. The summed E-state index contributed by atoms with van der Waals surface area (Å²) in [7, 11) is -3.71. The lowest BCUT2D eigenvalue weighted by Gasteiger charge is -2.10. The van der Waals surface area contributed by atoms with Crippen LogP contribution in [0.2, 0.25) is 0 Å². The summed E-state index contributed by atoms with van der Waals surface area (Å²) in [6.45, 7) is 2.26. The summed E-state index contributed by atoms with van der Waals surface area (Å²) in [6.07, 6.45) is 3.05. The zero-order valence-corrected chi connectivity index (χ0v) is 13.1. The number of hydrogen-bond acceptors (Lipinski definition) is 4. The van der Waals surface area contributed by atoms with E-state index in [2.05, 4.69) is 10.6 Å². The molecule has 1 atom stereocenters. The minimum Gasteiger partial charge on any atom is -0.381 e. The van der Waals surface area contributed by atoms with Gasteiger partial charge in [0.1, 0.15) is 0 Å². The van der Waals surface area contributed by atoms with Crippen LogP contribution in [0.4, 0.5) is 10.5 Å². The molecule has 0 spiro atoms. The molecular formula is C14H21N3O4S. The quantitative estimate of drug-likeness (QED) is 0.683. The fourth-order valence-corrected chi connectivity index (χ4v) is 2.82. The first-order chi connectivity index (χ1) is 10.4. The SMILES string of the molecule is NS(=O)(=O)c1ccc(NC(=O)NCCC[C@@H]2CCOC2)cc1. The van der Waals surface area contributed by atoms with E-state index >= 15 is 0 Å². The van der Waals surface area contributed by atoms with Crippen LogP contribution in [-0.4, -0.2) is 34.2 Å². The van der Waals surface area contributed by atoms with Crippen molar-refractivity contribution in [2.24, 2.45) is 11.1 Å². The van der Waals surface area contributed by atoms with Gasteiger partial charge in [-0.25, -0.2) is 18.4 Å². The predicted molar refractivity (Wildman–Crippen MR) is 83.0 cm³/mol. The molecule has 1 aromatic rings. The van der Waals surface area contributed by atoms with Crippen LogP contribution in [-0.2, 0) is 14.8 Å². The number of primary sulfonamides is 1. The van der Waals surface area contributed by atoms with Gasteiger partial charge in [0.15, 0.2) is 0 Å². The maximum absolute atomic E-state index is 11.7. The maximum Gasteiger partial charge on any atom is 0.319 e. The van der Waals surface area contributed by atoms with Crippen molar-refractivity contribution >= 4 is 21.7 Å². The van der Waals surface area contributed by atoms with E-state index in [0.29, 0.717) is 18.2 Å². The second kappa shape index (κ2) is 7.57. The molecule has 1 aromatic carbocycles. The van der Waals surface area contributed by atoms with Crippen molar-refractivity contribution in [3.8, 4) is 0 Å². The molecule has 1 saturated heterocycles. The summed E-state index contributed by atoms with van der Waals surface area (Å²) in [6, 6.07) is 5.38. The highest BCUT2D eigenvalue weighted by Gasteiger charge is 2.14. The van der Waals surface area contributed by atoms with Crippen molar-refractivity contribution in [1.82, 2.24) is 5.32 Å². The van der Waals surface area contributed by atoms with Gasteiger partial charge in [-0.15, -0.1) is 0 Å². The standard InChI is InChI=1S/C14H21N3O4S/c15-22(19,20)13-5-3-12(4-6-13)17-14(18)16-8-1-2-11-7-9-21-10-11/h3-6,11H,1-2,7-10H2,(H2,15,19,20)(H2,16,17,18)/t11-/m1/s1. The van der Waals surface area contributed by atoms with Gasteiger partial charge in [0.25, 0.3) is 0 Å². The van der Waals surface area contributed by atoms with Gasteiger partial charge in [-0.05, 0) is 49.4 Å². The average Bonchev–Trinajstić information content (AvgIpc) is 2.96. The van der Waals surface area contributed by atoms with Gasteiger partial charge < -0.3 is 15.4 Å². The Balaban J connectivity index is 1.70. The number of nitrogens with two attached hydrogens (primary N) is 1. The van der Waals surface area contributed by atoms with Gasteiger partial charge in [0.2, 0.25) is 10.0 Å². The molecule has 2 amide bonds. The van der Waals surface area contributed by atoms with Gasteiger partial charge in [-0.3, -0.25) is 0 Å². The lowest BCUT2D eigenvalue weighted by molar-refractivity contribution is 0.184. The molecule has 1 heterocycles. The van der Waals surface area contributed by atoms with Crippen LogP contribution in [0.15, 0.2) is 29.2 Å². The molecule has 22 heavy (non-hydrogen) atoms. The molecule has 1 aliphatic rings. The van der Waals surface area contributed by atoms with Crippen LogP contribution in [0.25, 0.3) is 0 Å². The van der Waals surface area contributed by atoms with Crippen molar-refractivity contribution < 1.29 is 17.9 Å². The first-order valence-corrected chi connectivity index (χ1v) is 8.75. The average molecular weight is 327 g/mol. The van der Waals surface area contributed by atoms with E-state index in [9.17, 15) is 13.2 Å². The lowest BCUT2D eigenvalue weighted by atomic mass is 10.0. The summed E-state index contributed by atoms with van der Waals surface area (Å²) < 4.78 is 27.5. The topological polar surface area (TPSA) is 111 Å². The Morgan fingerprint density at radius 3 is 2.64 bits per heavy atom. The Labute approximate surface area is 130 Å². The van der Waals surface area contributed by atoms with E-state index in [1.165, 1.54) is 24.3 Å². The zero-order valence-electron chi connectivity index (χ0n) is 12.2. The summed E-state index contributed by atoms with van der Waals surface area (Å²) in [5, 5.41) is 10.4.